The maximum absolute atomic E-state index is 13.4. The van der Waals surface area contributed by atoms with E-state index >= 15 is 0 Å². The zero-order chi connectivity index (χ0) is 15.7. The average molecular weight is 370 g/mol. The fourth-order valence-corrected chi connectivity index (χ4v) is 2.03. The van der Waals surface area contributed by atoms with Crippen LogP contribution in [0.15, 0.2) is 22.7 Å². The van der Waals surface area contributed by atoms with Crippen molar-refractivity contribution in [2.24, 2.45) is 0 Å². The fourth-order valence-electron chi connectivity index (χ4n) is 1.63. The van der Waals surface area contributed by atoms with Crippen molar-refractivity contribution in [2.75, 3.05) is 5.32 Å². The Hall–Kier alpha value is -1.70. The predicted octanol–water partition coefficient (Wildman–Crippen LogP) is 4.90. The Bertz CT molecular complexity index is 675. The monoisotopic (exact) mass is 369 g/mol. The summed E-state index contributed by atoms with van der Waals surface area (Å²) in [4.78, 5) is 0. The van der Waals surface area contributed by atoms with Gasteiger partial charge in [0.05, 0.1) is 4.47 Å². The zero-order valence-corrected chi connectivity index (χ0v) is 11.7. The molecule has 0 amide bonds. The predicted molar refractivity (Wildman–Crippen MR) is 67.7 cm³/mol. The smallest absolute Gasteiger partial charge is 0.200 e. The first-order chi connectivity index (χ1) is 9.84. The highest BCUT2D eigenvalue weighted by Gasteiger charge is 2.25. The van der Waals surface area contributed by atoms with Crippen molar-refractivity contribution >= 4 is 21.6 Å². The molecule has 2 aromatic rings. The molecule has 0 spiro atoms. The van der Waals surface area contributed by atoms with E-state index in [0.717, 1.165) is 6.07 Å². The van der Waals surface area contributed by atoms with Crippen LogP contribution in [0.5, 0.6) is 0 Å². The Morgan fingerprint density at radius 2 is 1.33 bits per heavy atom. The summed E-state index contributed by atoms with van der Waals surface area (Å²) >= 11 is 2.92. The van der Waals surface area contributed by atoms with Gasteiger partial charge < -0.3 is 5.32 Å². The second-order valence-corrected chi connectivity index (χ2v) is 4.80. The zero-order valence-electron chi connectivity index (χ0n) is 10.1. The molecular weight excluding hydrogens is 364 g/mol. The summed E-state index contributed by atoms with van der Waals surface area (Å²) in [5.41, 5.74) is -0.915. The molecule has 21 heavy (non-hydrogen) atoms. The molecule has 0 radical (unpaired) electrons. The van der Waals surface area contributed by atoms with Crippen LogP contribution >= 0.6 is 15.9 Å². The van der Waals surface area contributed by atoms with Crippen LogP contribution in [0.3, 0.4) is 0 Å². The number of anilines is 1. The first-order valence-electron chi connectivity index (χ1n) is 5.52. The molecule has 2 aromatic carbocycles. The van der Waals surface area contributed by atoms with Crippen LogP contribution in [0.25, 0.3) is 0 Å². The highest BCUT2D eigenvalue weighted by atomic mass is 79.9. The van der Waals surface area contributed by atoms with E-state index in [1.54, 1.807) is 0 Å². The molecule has 0 atom stereocenters. The molecule has 0 fully saturated rings. The molecule has 8 heteroatoms. The second-order valence-electron chi connectivity index (χ2n) is 4.01. The van der Waals surface area contributed by atoms with Crippen molar-refractivity contribution in [3.63, 3.8) is 0 Å². The van der Waals surface area contributed by atoms with E-state index in [9.17, 15) is 26.3 Å². The third kappa shape index (κ3) is 2.85. The topological polar surface area (TPSA) is 12.0 Å². The molecule has 2 rings (SSSR count). The van der Waals surface area contributed by atoms with Crippen LogP contribution in [-0.2, 0) is 6.54 Å². The lowest BCUT2D eigenvalue weighted by atomic mass is 10.2. The highest BCUT2D eigenvalue weighted by molar-refractivity contribution is 9.10. The Morgan fingerprint density at radius 3 is 1.90 bits per heavy atom. The van der Waals surface area contributed by atoms with E-state index in [1.807, 2.05) is 0 Å². The van der Waals surface area contributed by atoms with Gasteiger partial charge in [0.15, 0.2) is 23.3 Å². The summed E-state index contributed by atoms with van der Waals surface area (Å²) in [7, 11) is 0. The lowest BCUT2D eigenvalue weighted by Gasteiger charge is -2.12. The van der Waals surface area contributed by atoms with Gasteiger partial charge in [-0.3, -0.25) is 0 Å². The van der Waals surface area contributed by atoms with Crippen molar-refractivity contribution in [3.05, 3.63) is 63.1 Å². The molecule has 0 saturated heterocycles. The molecule has 0 aliphatic carbocycles. The molecule has 1 N–H and O–H groups in total. The quantitative estimate of drug-likeness (QED) is 0.461. The third-order valence-corrected chi connectivity index (χ3v) is 3.59. The molecule has 0 heterocycles. The van der Waals surface area contributed by atoms with Crippen molar-refractivity contribution in [1.29, 1.82) is 0 Å². The highest BCUT2D eigenvalue weighted by Crippen LogP contribution is 2.28. The second kappa shape index (κ2) is 5.97. The Kier molecular flexibility index (Phi) is 4.46. The lowest BCUT2D eigenvalue weighted by molar-refractivity contribution is 0.381. The molecular formula is C13H6BrF6N. The van der Waals surface area contributed by atoms with Gasteiger partial charge in [-0.25, -0.2) is 26.3 Å². The van der Waals surface area contributed by atoms with E-state index in [2.05, 4.69) is 21.2 Å². The summed E-state index contributed by atoms with van der Waals surface area (Å²) < 4.78 is 79.0. The van der Waals surface area contributed by atoms with Gasteiger partial charge in [0.1, 0.15) is 11.5 Å². The van der Waals surface area contributed by atoms with Gasteiger partial charge in [-0.05, 0) is 27.6 Å². The first-order valence-corrected chi connectivity index (χ1v) is 6.32. The summed E-state index contributed by atoms with van der Waals surface area (Å²) in [5, 5.41) is 2.08. The van der Waals surface area contributed by atoms with Crippen molar-refractivity contribution in [3.8, 4) is 0 Å². The van der Waals surface area contributed by atoms with Gasteiger partial charge in [-0.1, -0.05) is 12.1 Å². The van der Waals surface area contributed by atoms with Gasteiger partial charge in [-0.15, -0.1) is 0 Å². The minimum atomic E-state index is -2.23. The van der Waals surface area contributed by atoms with Gasteiger partial charge in [0.25, 0.3) is 0 Å². The van der Waals surface area contributed by atoms with Crippen molar-refractivity contribution in [1.82, 2.24) is 0 Å². The molecule has 0 unspecified atom stereocenters. The minimum absolute atomic E-state index is 0.0290. The van der Waals surface area contributed by atoms with Crippen LogP contribution in [0.4, 0.5) is 32.0 Å². The average Bonchev–Trinajstić information content (AvgIpc) is 2.47. The largest absolute Gasteiger partial charge is 0.376 e. The summed E-state index contributed by atoms with van der Waals surface area (Å²) in [6, 6.07) is 3.91. The number of halogens is 7. The van der Waals surface area contributed by atoms with Crippen molar-refractivity contribution in [2.45, 2.75) is 6.54 Å². The number of nitrogens with one attached hydrogen (secondary N) is 1. The Morgan fingerprint density at radius 1 is 0.810 bits per heavy atom. The summed E-state index contributed by atoms with van der Waals surface area (Å²) in [5.74, 6) is -10.9. The van der Waals surface area contributed by atoms with Crippen LogP contribution in [-0.4, -0.2) is 0 Å². The number of hydrogen-bond donors (Lipinski definition) is 1. The van der Waals surface area contributed by atoms with Gasteiger partial charge in [-0.2, -0.15) is 0 Å². The molecule has 0 saturated carbocycles. The Balaban J connectivity index is 2.35. The first kappa shape index (κ1) is 15.7. The summed E-state index contributed by atoms with van der Waals surface area (Å²) in [6.45, 7) is -0.337. The van der Waals surface area contributed by atoms with Crippen LogP contribution < -0.4 is 5.32 Å². The number of hydrogen-bond acceptors (Lipinski definition) is 1. The molecule has 112 valence electrons. The van der Waals surface area contributed by atoms with Crippen LogP contribution in [0.1, 0.15) is 5.56 Å². The van der Waals surface area contributed by atoms with Crippen molar-refractivity contribution < 1.29 is 26.3 Å². The lowest BCUT2D eigenvalue weighted by Crippen LogP contribution is -2.10. The molecule has 1 nitrogen and oxygen atoms in total. The fraction of sp³-hybridized carbons (Fsp3) is 0.0769. The molecule has 0 aliphatic heterocycles. The number of benzene rings is 2. The van der Waals surface area contributed by atoms with Crippen LogP contribution in [0, 0.1) is 34.9 Å². The molecule has 0 aromatic heterocycles. The van der Waals surface area contributed by atoms with E-state index in [1.165, 1.54) is 12.1 Å². The summed E-state index contributed by atoms with van der Waals surface area (Å²) in [6.07, 6.45) is 0. The van der Waals surface area contributed by atoms with E-state index in [4.69, 9.17) is 0 Å². The van der Waals surface area contributed by atoms with E-state index in [-0.39, 0.29) is 16.6 Å². The molecule has 0 bridgehead atoms. The Labute approximate surface area is 123 Å². The number of rotatable bonds is 3. The van der Waals surface area contributed by atoms with Gasteiger partial charge in [0, 0.05) is 6.54 Å². The van der Waals surface area contributed by atoms with E-state index < -0.39 is 40.6 Å². The normalized spacial score (nSPS) is 10.8. The third-order valence-electron chi connectivity index (χ3n) is 2.70. The maximum Gasteiger partial charge on any atom is 0.200 e. The minimum Gasteiger partial charge on any atom is -0.376 e. The van der Waals surface area contributed by atoms with Gasteiger partial charge >= 0.3 is 0 Å². The standard InChI is InChI=1S/C13H6BrF6N/c14-7-5(2-1-3-6(7)15)4-21-13-11(19)9(17)8(16)10(18)12(13)20/h1-3,21H,4H2. The SMILES string of the molecule is Fc1cccc(CNc2c(F)c(F)c(F)c(F)c2F)c1Br. The van der Waals surface area contributed by atoms with Crippen LogP contribution in [0.2, 0.25) is 0 Å². The molecule has 0 aliphatic rings. The van der Waals surface area contributed by atoms with Gasteiger partial charge in [0.2, 0.25) is 5.82 Å². The van der Waals surface area contributed by atoms with E-state index in [0.29, 0.717) is 0 Å². The maximum atomic E-state index is 13.4.